The highest BCUT2D eigenvalue weighted by molar-refractivity contribution is 6.00. The number of nitrogens with zero attached hydrogens (tertiary/aromatic N) is 1. The number of nitro benzene ring substituents is 1. The van der Waals surface area contributed by atoms with E-state index in [0.717, 1.165) is 18.2 Å². The maximum atomic E-state index is 13.2. The molecular formula is C9H7FN2O3. The molecule has 5 nitrogen and oxygen atoms in total. The minimum absolute atomic E-state index is 0.451. The van der Waals surface area contributed by atoms with Gasteiger partial charge >= 0.3 is 0 Å². The summed E-state index contributed by atoms with van der Waals surface area (Å²) >= 11 is 0. The second-order valence-electron chi connectivity index (χ2n) is 2.58. The van der Waals surface area contributed by atoms with Gasteiger partial charge in [0, 0.05) is 6.07 Å². The van der Waals surface area contributed by atoms with E-state index < -0.39 is 28.0 Å². The molecule has 1 N–H and O–H groups in total. The highest BCUT2D eigenvalue weighted by Crippen LogP contribution is 2.26. The number of nitrogens with one attached hydrogen (secondary N) is 1. The average Bonchev–Trinajstić information content (AvgIpc) is 2.20. The molecule has 0 unspecified atom stereocenters. The van der Waals surface area contributed by atoms with Crippen LogP contribution in [0, 0.1) is 15.9 Å². The van der Waals surface area contributed by atoms with Gasteiger partial charge in [-0.15, -0.1) is 0 Å². The Morgan fingerprint density at radius 1 is 1.60 bits per heavy atom. The van der Waals surface area contributed by atoms with Crippen molar-refractivity contribution in [3.63, 3.8) is 0 Å². The number of para-hydroxylation sites is 1. The Hall–Kier alpha value is -2.24. The van der Waals surface area contributed by atoms with Crippen molar-refractivity contribution in [3.05, 3.63) is 46.8 Å². The van der Waals surface area contributed by atoms with E-state index in [1.165, 1.54) is 6.07 Å². The van der Waals surface area contributed by atoms with Gasteiger partial charge in [0.1, 0.15) is 0 Å². The van der Waals surface area contributed by atoms with Crippen LogP contribution in [0.15, 0.2) is 30.9 Å². The van der Waals surface area contributed by atoms with Crippen LogP contribution in [0.3, 0.4) is 0 Å². The molecule has 78 valence electrons. The standard InChI is InChI=1S/C9H7FN2O3/c1-2-8(13)11-9-6(10)4-3-5-7(9)12(14)15/h2-5H,1H2,(H,11,13). The number of carbonyl (C=O) groups excluding carboxylic acids is 1. The molecule has 1 rings (SSSR count). The molecule has 0 heterocycles. The lowest BCUT2D eigenvalue weighted by molar-refractivity contribution is -0.384. The highest BCUT2D eigenvalue weighted by atomic mass is 19.1. The predicted octanol–water partition coefficient (Wildman–Crippen LogP) is 1.86. The van der Waals surface area contributed by atoms with Crippen molar-refractivity contribution in [1.82, 2.24) is 0 Å². The lowest BCUT2D eigenvalue weighted by Gasteiger charge is -2.03. The summed E-state index contributed by atoms with van der Waals surface area (Å²) in [5.74, 6) is -1.57. The highest BCUT2D eigenvalue weighted by Gasteiger charge is 2.18. The zero-order chi connectivity index (χ0) is 11.4. The molecule has 1 aromatic rings. The Morgan fingerprint density at radius 2 is 2.27 bits per heavy atom. The third-order valence-corrected chi connectivity index (χ3v) is 1.62. The number of rotatable bonds is 3. The third kappa shape index (κ3) is 2.37. The van der Waals surface area contributed by atoms with Gasteiger partial charge in [-0.25, -0.2) is 4.39 Å². The van der Waals surface area contributed by atoms with Gasteiger partial charge in [-0.2, -0.15) is 0 Å². The third-order valence-electron chi connectivity index (χ3n) is 1.62. The SMILES string of the molecule is C=CC(=O)Nc1c(F)cccc1[N+](=O)[O-]. The van der Waals surface area contributed by atoms with Crippen LogP contribution in [-0.2, 0) is 4.79 Å². The molecule has 0 saturated carbocycles. The van der Waals surface area contributed by atoms with Crippen LogP contribution in [0.1, 0.15) is 0 Å². The Morgan fingerprint density at radius 3 is 2.80 bits per heavy atom. The fourth-order valence-corrected chi connectivity index (χ4v) is 0.963. The van der Waals surface area contributed by atoms with Gasteiger partial charge in [-0.1, -0.05) is 12.6 Å². The summed E-state index contributed by atoms with van der Waals surface area (Å²) in [5, 5.41) is 12.5. The van der Waals surface area contributed by atoms with Gasteiger partial charge in [0.05, 0.1) is 4.92 Å². The maximum Gasteiger partial charge on any atom is 0.295 e. The first-order chi connectivity index (χ1) is 7.06. The quantitative estimate of drug-likeness (QED) is 0.470. The predicted molar refractivity (Wildman–Crippen MR) is 51.9 cm³/mol. The number of nitro groups is 1. The number of carbonyl (C=O) groups is 1. The normalized spacial score (nSPS) is 9.40. The molecule has 0 aromatic heterocycles. The van der Waals surface area contributed by atoms with Crippen molar-refractivity contribution in [3.8, 4) is 0 Å². The van der Waals surface area contributed by atoms with Gasteiger partial charge in [0.15, 0.2) is 11.5 Å². The molecule has 0 bridgehead atoms. The summed E-state index contributed by atoms with van der Waals surface area (Å²) in [6, 6.07) is 3.31. The number of halogens is 1. The molecule has 1 aromatic carbocycles. The summed E-state index contributed by atoms with van der Waals surface area (Å²) in [6.07, 6.45) is 0.899. The summed E-state index contributed by atoms with van der Waals surface area (Å²) in [5.41, 5.74) is -0.947. The zero-order valence-electron chi connectivity index (χ0n) is 7.57. The van der Waals surface area contributed by atoms with Gasteiger partial charge < -0.3 is 5.32 Å². The first-order valence-corrected chi connectivity index (χ1v) is 3.92. The number of anilines is 1. The van der Waals surface area contributed by atoms with E-state index in [1.807, 2.05) is 5.32 Å². The second-order valence-corrected chi connectivity index (χ2v) is 2.58. The molecule has 1 amide bonds. The average molecular weight is 210 g/mol. The van der Waals surface area contributed by atoms with E-state index in [-0.39, 0.29) is 0 Å². The fourth-order valence-electron chi connectivity index (χ4n) is 0.963. The lowest BCUT2D eigenvalue weighted by Crippen LogP contribution is -2.10. The van der Waals surface area contributed by atoms with E-state index in [2.05, 4.69) is 6.58 Å². The van der Waals surface area contributed by atoms with Crippen molar-refractivity contribution in [1.29, 1.82) is 0 Å². The molecule has 6 heteroatoms. The topological polar surface area (TPSA) is 72.2 Å². The van der Waals surface area contributed by atoms with Gasteiger partial charge in [0.2, 0.25) is 5.91 Å². The minimum atomic E-state index is -0.862. The van der Waals surface area contributed by atoms with Gasteiger partial charge in [-0.05, 0) is 12.1 Å². The Balaban J connectivity index is 3.18. The summed E-state index contributed by atoms with van der Waals surface area (Å²) in [6.45, 7) is 3.16. The molecule has 0 aliphatic carbocycles. The fraction of sp³-hybridized carbons (Fsp3) is 0. The largest absolute Gasteiger partial charge is 0.314 e. The van der Waals surface area contributed by atoms with Crippen LogP contribution in [0.2, 0.25) is 0 Å². The molecular weight excluding hydrogens is 203 g/mol. The van der Waals surface area contributed by atoms with Crippen LogP contribution >= 0.6 is 0 Å². The lowest BCUT2D eigenvalue weighted by atomic mass is 10.2. The molecule has 0 atom stereocenters. The van der Waals surface area contributed by atoms with Crippen molar-refractivity contribution < 1.29 is 14.1 Å². The zero-order valence-corrected chi connectivity index (χ0v) is 7.57. The summed E-state index contributed by atoms with van der Waals surface area (Å²) < 4.78 is 13.2. The number of hydrogen-bond donors (Lipinski definition) is 1. The van der Waals surface area contributed by atoms with Crippen LogP contribution in [0.4, 0.5) is 15.8 Å². The monoisotopic (exact) mass is 210 g/mol. The summed E-state index contributed by atoms with van der Waals surface area (Å²) in [4.78, 5) is 20.6. The molecule has 0 spiro atoms. The minimum Gasteiger partial charge on any atom is -0.314 e. The van der Waals surface area contributed by atoms with Gasteiger partial charge in [-0.3, -0.25) is 14.9 Å². The summed E-state index contributed by atoms with van der Waals surface area (Å²) in [7, 11) is 0. The van der Waals surface area contributed by atoms with Crippen LogP contribution < -0.4 is 5.32 Å². The molecule has 0 radical (unpaired) electrons. The van der Waals surface area contributed by atoms with Crippen molar-refractivity contribution in [2.75, 3.05) is 5.32 Å². The van der Waals surface area contributed by atoms with Crippen LogP contribution in [-0.4, -0.2) is 10.8 Å². The van der Waals surface area contributed by atoms with Crippen molar-refractivity contribution in [2.45, 2.75) is 0 Å². The molecule has 15 heavy (non-hydrogen) atoms. The second kappa shape index (κ2) is 4.32. The molecule has 0 saturated heterocycles. The van der Waals surface area contributed by atoms with E-state index in [4.69, 9.17) is 0 Å². The van der Waals surface area contributed by atoms with Crippen molar-refractivity contribution in [2.24, 2.45) is 0 Å². The first-order valence-electron chi connectivity index (χ1n) is 3.92. The van der Waals surface area contributed by atoms with Crippen molar-refractivity contribution >= 4 is 17.3 Å². The van der Waals surface area contributed by atoms with E-state index in [1.54, 1.807) is 0 Å². The Labute approximate surface area is 84.4 Å². The maximum absolute atomic E-state index is 13.2. The van der Waals surface area contributed by atoms with Gasteiger partial charge in [0.25, 0.3) is 5.69 Å². The molecule has 0 fully saturated rings. The van der Waals surface area contributed by atoms with E-state index in [9.17, 15) is 19.3 Å². The molecule has 0 aliphatic heterocycles. The molecule has 0 aliphatic rings. The Kier molecular flexibility index (Phi) is 3.12. The number of benzene rings is 1. The smallest absolute Gasteiger partial charge is 0.295 e. The van der Waals surface area contributed by atoms with Crippen LogP contribution in [0.5, 0.6) is 0 Å². The number of hydrogen-bond acceptors (Lipinski definition) is 3. The van der Waals surface area contributed by atoms with E-state index in [0.29, 0.717) is 0 Å². The van der Waals surface area contributed by atoms with Crippen LogP contribution in [0.25, 0.3) is 0 Å². The first kappa shape index (κ1) is 10.8. The Bertz CT molecular complexity index is 431. The van der Waals surface area contributed by atoms with E-state index >= 15 is 0 Å². The number of amides is 1.